The van der Waals surface area contributed by atoms with E-state index < -0.39 is 20.5 Å². The fraction of sp³-hybridized carbons (Fsp3) is 0.367. The van der Waals surface area contributed by atoms with Crippen molar-refractivity contribution in [3.05, 3.63) is 102 Å². The maximum absolute atomic E-state index is 10.5. The highest BCUT2D eigenvalue weighted by molar-refractivity contribution is 6.99. The quantitative estimate of drug-likeness (QED) is 0.261. The van der Waals surface area contributed by atoms with E-state index in [0.29, 0.717) is 31.0 Å². The first-order valence-electron chi connectivity index (χ1n) is 12.4. The summed E-state index contributed by atoms with van der Waals surface area (Å²) >= 11 is 0. The lowest BCUT2D eigenvalue weighted by atomic mass is 10.1. The van der Waals surface area contributed by atoms with Crippen LogP contribution in [0.5, 0.6) is 0 Å². The van der Waals surface area contributed by atoms with Gasteiger partial charge in [0.15, 0.2) is 0 Å². The van der Waals surface area contributed by atoms with Gasteiger partial charge >= 0.3 is 0 Å². The number of rotatable bonds is 11. The van der Waals surface area contributed by atoms with E-state index in [1.807, 2.05) is 12.1 Å². The van der Waals surface area contributed by atoms with E-state index in [-0.39, 0.29) is 11.6 Å². The zero-order valence-electron chi connectivity index (χ0n) is 21.6. The van der Waals surface area contributed by atoms with Crippen molar-refractivity contribution in [1.82, 2.24) is 0 Å². The topological polar surface area (TPSA) is 83.1 Å². The Labute approximate surface area is 215 Å². The number of hydrogen-bond donors (Lipinski definition) is 3. The van der Waals surface area contributed by atoms with Crippen LogP contribution in [0.2, 0.25) is 5.04 Å². The van der Waals surface area contributed by atoms with Crippen LogP contribution in [0.4, 0.5) is 0 Å². The van der Waals surface area contributed by atoms with Gasteiger partial charge in [0.05, 0.1) is 12.7 Å². The minimum Gasteiger partial charge on any atom is -0.461 e. The summed E-state index contributed by atoms with van der Waals surface area (Å²) in [6.07, 6.45) is 1.08. The van der Waals surface area contributed by atoms with Crippen molar-refractivity contribution in [1.29, 1.82) is 0 Å². The lowest BCUT2D eigenvalue weighted by Crippen LogP contribution is -2.66. The molecule has 6 heteroatoms. The normalized spacial score (nSPS) is 13.6. The summed E-state index contributed by atoms with van der Waals surface area (Å²) in [6.45, 7) is 8.55. The van der Waals surface area contributed by atoms with Gasteiger partial charge in [0.2, 0.25) is 0 Å². The molecule has 5 nitrogen and oxygen atoms in total. The predicted octanol–water partition coefficient (Wildman–Crippen LogP) is 4.62. The van der Waals surface area contributed by atoms with Crippen LogP contribution in [0.3, 0.4) is 0 Å². The largest absolute Gasteiger partial charge is 0.461 e. The van der Waals surface area contributed by atoms with Gasteiger partial charge in [-0.3, -0.25) is 0 Å². The first kappa shape index (κ1) is 27.9. The van der Waals surface area contributed by atoms with Crippen LogP contribution in [0.15, 0.2) is 94.6 Å². The molecule has 0 saturated heterocycles. The summed E-state index contributed by atoms with van der Waals surface area (Å²) in [5, 5.41) is 32.0. The summed E-state index contributed by atoms with van der Waals surface area (Å²) in [4.78, 5) is 0. The molecule has 2 aromatic carbocycles. The highest BCUT2D eigenvalue weighted by Crippen LogP contribution is 2.37. The highest BCUT2D eigenvalue weighted by Gasteiger charge is 2.50. The lowest BCUT2D eigenvalue weighted by molar-refractivity contribution is 0.145. The molecule has 0 spiro atoms. The molecule has 36 heavy (non-hydrogen) atoms. The van der Waals surface area contributed by atoms with E-state index in [9.17, 15) is 15.3 Å². The summed E-state index contributed by atoms with van der Waals surface area (Å²) in [5.74, 6) is 0.815. The average Bonchev–Trinajstić information content (AvgIpc) is 3.34. The third-order valence-corrected chi connectivity index (χ3v) is 11.2. The number of furan rings is 1. The Morgan fingerprint density at radius 1 is 0.972 bits per heavy atom. The van der Waals surface area contributed by atoms with Gasteiger partial charge in [0, 0.05) is 12.8 Å². The van der Waals surface area contributed by atoms with Crippen molar-refractivity contribution >= 4 is 18.7 Å². The van der Waals surface area contributed by atoms with Gasteiger partial charge in [-0.05, 0) is 46.1 Å². The SMILES string of the molecule is C[C@H](O)CC(=C=CC[C@@H](O)c1ccc(CO)o1)CO[Si](c1ccccc1)(c1ccccc1)C(C)(C)C. The third kappa shape index (κ3) is 6.74. The Kier molecular flexibility index (Phi) is 9.68. The second-order valence-corrected chi connectivity index (χ2v) is 14.5. The molecule has 1 heterocycles. The van der Waals surface area contributed by atoms with Crippen molar-refractivity contribution in [2.45, 2.75) is 64.4 Å². The van der Waals surface area contributed by atoms with E-state index in [4.69, 9.17) is 8.84 Å². The molecular formula is C30H38O5Si. The Hall–Kier alpha value is -2.70. The molecule has 1 aromatic heterocycles. The van der Waals surface area contributed by atoms with Crippen molar-refractivity contribution in [3.8, 4) is 0 Å². The second kappa shape index (κ2) is 12.5. The summed E-state index contributed by atoms with van der Waals surface area (Å²) in [5.41, 5.74) is 4.11. The number of aliphatic hydroxyl groups excluding tert-OH is 3. The molecule has 0 aliphatic rings. The van der Waals surface area contributed by atoms with Crippen LogP contribution in [0.25, 0.3) is 0 Å². The Balaban J connectivity index is 1.93. The smallest absolute Gasteiger partial charge is 0.261 e. The van der Waals surface area contributed by atoms with Crippen molar-refractivity contribution in [2.75, 3.05) is 6.61 Å². The highest BCUT2D eigenvalue weighted by atomic mass is 28.4. The zero-order valence-corrected chi connectivity index (χ0v) is 22.6. The van der Waals surface area contributed by atoms with Crippen molar-refractivity contribution < 1.29 is 24.2 Å². The van der Waals surface area contributed by atoms with E-state index in [0.717, 1.165) is 5.57 Å². The first-order chi connectivity index (χ1) is 17.2. The van der Waals surface area contributed by atoms with E-state index in [1.54, 1.807) is 25.1 Å². The zero-order chi connectivity index (χ0) is 26.2. The molecule has 0 fully saturated rings. The molecule has 3 aromatic rings. The molecule has 192 valence electrons. The van der Waals surface area contributed by atoms with Gasteiger partial charge < -0.3 is 24.2 Å². The Morgan fingerprint density at radius 2 is 1.56 bits per heavy atom. The van der Waals surface area contributed by atoms with E-state index >= 15 is 0 Å². The molecule has 0 saturated carbocycles. The molecule has 0 radical (unpaired) electrons. The average molecular weight is 507 g/mol. The van der Waals surface area contributed by atoms with Crippen LogP contribution in [-0.2, 0) is 11.0 Å². The standard InChI is InChI=1S/C30H38O5Si/c1-23(32)20-24(12-11-17-28(33)29-19-18-25(21-31)35-29)22-34-36(30(2,3)4,26-13-7-5-8-14-26)27-15-9-6-10-16-27/h5-11,13-16,18-19,23,28,31-33H,17,20-22H2,1-4H3/t12?,23-,28+/m0/s1. The van der Waals surface area contributed by atoms with Crippen molar-refractivity contribution in [3.63, 3.8) is 0 Å². The molecule has 0 aliphatic carbocycles. The predicted molar refractivity (Wildman–Crippen MR) is 146 cm³/mol. The molecule has 3 N–H and O–H groups in total. The second-order valence-electron chi connectivity index (χ2n) is 10.2. The molecule has 0 amide bonds. The van der Waals surface area contributed by atoms with Crippen LogP contribution in [0.1, 0.15) is 58.2 Å². The van der Waals surface area contributed by atoms with Gasteiger partial charge in [-0.25, -0.2) is 0 Å². The first-order valence-corrected chi connectivity index (χ1v) is 14.3. The van der Waals surface area contributed by atoms with Crippen molar-refractivity contribution in [2.24, 2.45) is 0 Å². The minimum atomic E-state index is -2.72. The molecule has 2 atom stereocenters. The summed E-state index contributed by atoms with van der Waals surface area (Å²) in [6, 6.07) is 24.2. The number of hydrogen-bond acceptors (Lipinski definition) is 5. The molecule has 0 aliphatic heterocycles. The van der Waals surface area contributed by atoms with Crippen LogP contribution in [0, 0.1) is 0 Å². The molecular weight excluding hydrogens is 468 g/mol. The fourth-order valence-corrected chi connectivity index (χ4v) is 9.11. The van der Waals surface area contributed by atoms with Gasteiger partial charge in [-0.2, -0.15) is 0 Å². The maximum atomic E-state index is 10.5. The number of benzene rings is 2. The van der Waals surface area contributed by atoms with E-state index in [2.05, 4.69) is 75.0 Å². The summed E-state index contributed by atoms with van der Waals surface area (Å²) < 4.78 is 12.4. The van der Waals surface area contributed by atoms with E-state index in [1.165, 1.54) is 10.4 Å². The minimum absolute atomic E-state index is 0.157. The van der Waals surface area contributed by atoms with Gasteiger partial charge in [0.25, 0.3) is 8.32 Å². The molecule has 0 bridgehead atoms. The van der Waals surface area contributed by atoms with Gasteiger partial charge in [-0.15, -0.1) is 5.73 Å². The molecule has 0 unspecified atom stereocenters. The monoisotopic (exact) mass is 506 g/mol. The van der Waals surface area contributed by atoms with Crippen LogP contribution >= 0.6 is 0 Å². The summed E-state index contributed by atoms with van der Waals surface area (Å²) in [7, 11) is -2.72. The fourth-order valence-electron chi connectivity index (χ4n) is 4.56. The van der Waals surface area contributed by atoms with Gasteiger partial charge in [0.1, 0.15) is 24.2 Å². The Bertz CT molecular complexity index is 1100. The number of aliphatic hydroxyl groups is 3. The van der Waals surface area contributed by atoms with Crippen LogP contribution < -0.4 is 10.4 Å². The third-order valence-electron chi connectivity index (χ3n) is 6.24. The maximum Gasteiger partial charge on any atom is 0.261 e. The van der Waals surface area contributed by atoms with Gasteiger partial charge in [-0.1, -0.05) is 81.4 Å². The molecule has 3 rings (SSSR count). The Morgan fingerprint density at radius 3 is 2.03 bits per heavy atom. The lowest BCUT2D eigenvalue weighted by Gasteiger charge is -2.43. The van der Waals surface area contributed by atoms with Crippen LogP contribution in [-0.4, -0.2) is 36.3 Å².